The molecule has 2 unspecified atom stereocenters. The number of benzene rings is 2. The zero-order valence-electron chi connectivity index (χ0n) is 25.2. The molecule has 1 fully saturated rings. The minimum absolute atomic E-state index is 0.116. The minimum Gasteiger partial charge on any atom is -0.388 e. The van der Waals surface area contributed by atoms with Gasteiger partial charge < -0.3 is 31.4 Å². The molecule has 0 bridgehead atoms. The molecule has 1 amide bonds. The fourth-order valence-electron chi connectivity index (χ4n) is 6.43. The Morgan fingerprint density at radius 2 is 1.84 bits per heavy atom. The molecule has 5 N–H and O–H groups in total. The first-order valence-corrected chi connectivity index (χ1v) is 14.6. The summed E-state index contributed by atoms with van der Waals surface area (Å²) >= 11 is 0. The molecule has 1 aliphatic heterocycles. The van der Waals surface area contributed by atoms with Gasteiger partial charge in [-0.25, -0.2) is 0 Å². The third-order valence-electron chi connectivity index (χ3n) is 8.64. The Kier molecular flexibility index (Phi) is 9.88. The third kappa shape index (κ3) is 6.27. The van der Waals surface area contributed by atoms with Crippen molar-refractivity contribution in [2.45, 2.75) is 56.5 Å². The van der Waals surface area contributed by atoms with Crippen molar-refractivity contribution in [2.75, 3.05) is 27.2 Å². The molecule has 0 saturated carbocycles. The number of aryl methyl sites for hydroxylation is 2. The Morgan fingerprint density at radius 1 is 1.19 bits per heavy atom. The number of carbonyl (C=O) groups excluding carboxylic acids is 2. The lowest BCUT2D eigenvalue weighted by molar-refractivity contribution is -0.128. The highest BCUT2D eigenvalue weighted by molar-refractivity contribution is 5.98. The number of amidine groups is 1. The summed E-state index contributed by atoms with van der Waals surface area (Å²) in [5.41, 5.74) is 12.8. The first kappa shape index (κ1) is 31.3. The summed E-state index contributed by atoms with van der Waals surface area (Å²) in [7, 11) is 3.44. The van der Waals surface area contributed by atoms with Crippen molar-refractivity contribution >= 4 is 23.9 Å². The van der Waals surface area contributed by atoms with Gasteiger partial charge in [0.15, 0.2) is 5.84 Å². The highest BCUT2D eigenvalue weighted by Crippen LogP contribution is 2.44. The van der Waals surface area contributed by atoms with Crippen LogP contribution in [0.2, 0.25) is 0 Å². The fourth-order valence-corrected chi connectivity index (χ4v) is 6.43. The molecule has 2 aromatic carbocycles. The molecule has 0 aromatic heterocycles. The molecule has 4 rings (SSSR count). The number of fused-ring (bicyclic) bond motifs is 2. The monoisotopic (exact) mass is 583 g/mol. The highest BCUT2D eigenvalue weighted by atomic mass is 16.7. The maximum Gasteiger partial charge on any atom is 0.323 e. The number of hydrogen-bond acceptors (Lipinski definition) is 8. The topological polar surface area (TPSA) is 145 Å². The Labute approximate surface area is 253 Å². The van der Waals surface area contributed by atoms with Crippen molar-refractivity contribution in [1.82, 2.24) is 20.9 Å². The number of nitrogens with two attached hydrogens (primary N) is 1. The number of rotatable bonds is 12. The van der Waals surface area contributed by atoms with Gasteiger partial charge in [0, 0.05) is 50.2 Å². The summed E-state index contributed by atoms with van der Waals surface area (Å²) in [5.74, 6) is -0.0479. The molecule has 2 aliphatic rings. The molecule has 226 valence electrons. The van der Waals surface area contributed by atoms with Crippen LogP contribution in [0.1, 0.15) is 64.4 Å². The zero-order valence-corrected chi connectivity index (χ0v) is 25.2. The van der Waals surface area contributed by atoms with E-state index in [-0.39, 0.29) is 30.3 Å². The summed E-state index contributed by atoms with van der Waals surface area (Å²) in [6, 6.07) is 13.9. The van der Waals surface area contributed by atoms with Crippen LogP contribution in [0.25, 0.3) is 5.70 Å². The molecule has 3 atom stereocenters. The lowest BCUT2D eigenvalue weighted by Crippen LogP contribution is -2.48. The Bertz CT molecular complexity index is 1410. The van der Waals surface area contributed by atoms with Gasteiger partial charge in [-0.1, -0.05) is 36.5 Å². The molecular formula is C33H41N7O3. The summed E-state index contributed by atoms with van der Waals surface area (Å²) in [6.45, 7) is 12.0. The Morgan fingerprint density at radius 3 is 2.44 bits per heavy atom. The van der Waals surface area contributed by atoms with Gasteiger partial charge in [0.2, 0.25) is 0 Å². The first-order chi connectivity index (χ1) is 20.7. The number of nitriles is 1. The summed E-state index contributed by atoms with van der Waals surface area (Å²) in [6.07, 6.45) is 3.62. The van der Waals surface area contributed by atoms with E-state index in [1.807, 2.05) is 31.3 Å². The predicted octanol–water partition coefficient (Wildman–Crippen LogP) is 2.94. The number of carbonyl (C=O) groups is 2. The largest absolute Gasteiger partial charge is 0.388 e. The maximum absolute atomic E-state index is 12.6. The van der Waals surface area contributed by atoms with Gasteiger partial charge >= 0.3 is 6.47 Å². The number of amides is 1. The normalized spacial score (nSPS) is 20.1. The predicted molar refractivity (Wildman–Crippen MR) is 168 cm³/mol. The summed E-state index contributed by atoms with van der Waals surface area (Å²) < 4.78 is 0. The van der Waals surface area contributed by atoms with Crippen LogP contribution in [0.15, 0.2) is 60.4 Å². The van der Waals surface area contributed by atoms with Crippen molar-refractivity contribution in [2.24, 2.45) is 10.9 Å². The van der Waals surface area contributed by atoms with Gasteiger partial charge in [-0.2, -0.15) is 5.26 Å². The van der Waals surface area contributed by atoms with Crippen molar-refractivity contribution < 1.29 is 14.4 Å². The van der Waals surface area contributed by atoms with Crippen LogP contribution < -0.4 is 21.7 Å². The van der Waals surface area contributed by atoms with Crippen LogP contribution in [0.4, 0.5) is 0 Å². The zero-order chi connectivity index (χ0) is 31.1. The van der Waals surface area contributed by atoms with Gasteiger partial charge in [-0.3, -0.25) is 9.59 Å². The molecule has 1 saturated heterocycles. The van der Waals surface area contributed by atoms with E-state index < -0.39 is 5.41 Å². The van der Waals surface area contributed by atoms with Crippen molar-refractivity contribution in [3.63, 3.8) is 0 Å². The number of nitrogens with one attached hydrogen (secondary N) is 3. The van der Waals surface area contributed by atoms with Gasteiger partial charge in [0.1, 0.15) is 6.04 Å². The SMILES string of the molecule is C=C(NC)c1ccc2c(c1)CCc1cc(C(=O)NC)ccc1C2(C[C@@H](C)NCC(=C)N1CCCC1C#N)C(N)=NOC=O. The van der Waals surface area contributed by atoms with E-state index in [2.05, 4.69) is 58.2 Å². The molecule has 0 spiro atoms. The first-order valence-electron chi connectivity index (χ1n) is 14.6. The smallest absolute Gasteiger partial charge is 0.323 e. The Balaban J connectivity index is 1.83. The second-order valence-corrected chi connectivity index (χ2v) is 11.2. The lowest BCUT2D eigenvalue weighted by atomic mass is 9.67. The van der Waals surface area contributed by atoms with Crippen LogP contribution in [0, 0.1) is 11.3 Å². The molecule has 10 nitrogen and oxygen atoms in total. The van der Waals surface area contributed by atoms with E-state index in [0.29, 0.717) is 31.4 Å². The van der Waals surface area contributed by atoms with Crippen LogP contribution in [-0.4, -0.2) is 62.4 Å². The summed E-state index contributed by atoms with van der Waals surface area (Å²) in [4.78, 5) is 30.8. The molecule has 0 radical (unpaired) electrons. The molecular weight excluding hydrogens is 542 g/mol. The third-order valence-corrected chi connectivity index (χ3v) is 8.64. The number of oxime groups is 1. The van der Waals surface area contributed by atoms with Gasteiger partial charge in [0.05, 0.1) is 11.5 Å². The highest BCUT2D eigenvalue weighted by Gasteiger charge is 2.45. The molecule has 43 heavy (non-hydrogen) atoms. The number of nitrogens with zero attached hydrogens (tertiary/aromatic N) is 3. The van der Waals surface area contributed by atoms with E-state index in [9.17, 15) is 14.9 Å². The molecule has 1 heterocycles. The average Bonchev–Trinajstić information content (AvgIpc) is 3.47. The van der Waals surface area contributed by atoms with E-state index in [4.69, 9.17) is 10.6 Å². The average molecular weight is 584 g/mol. The van der Waals surface area contributed by atoms with Crippen LogP contribution in [0.5, 0.6) is 0 Å². The quantitative estimate of drug-likeness (QED) is 0.0982. The minimum atomic E-state index is -0.999. The van der Waals surface area contributed by atoms with E-state index >= 15 is 0 Å². The molecule has 1 aliphatic carbocycles. The number of likely N-dealkylation sites (tertiary alicyclic amines) is 1. The van der Waals surface area contributed by atoms with E-state index in [0.717, 1.165) is 58.6 Å². The van der Waals surface area contributed by atoms with Crippen LogP contribution >= 0.6 is 0 Å². The Hall–Kier alpha value is -4.62. The van der Waals surface area contributed by atoms with Crippen molar-refractivity contribution in [3.8, 4) is 6.07 Å². The van der Waals surface area contributed by atoms with Crippen molar-refractivity contribution in [3.05, 3.63) is 88.6 Å². The molecule has 2 aromatic rings. The van der Waals surface area contributed by atoms with Crippen LogP contribution in [0.3, 0.4) is 0 Å². The van der Waals surface area contributed by atoms with E-state index in [1.165, 1.54) is 0 Å². The lowest BCUT2D eigenvalue weighted by Gasteiger charge is -2.38. The van der Waals surface area contributed by atoms with E-state index in [1.54, 1.807) is 13.1 Å². The van der Waals surface area contributed by atoms with Gasteiger partial charge in [-0.15, -0.1) is 0 Å². The van der Waals surface area contributed by atoms with Crippen molar-refractivity contribution in [1.29, 1.82) is 5.26 Å². The van der Waals surface area contributed by atoms with Crippen LogP contribution in [-0.2, 0) is 27.9 Å². The fraction of sp³-hybridized carbons (Fsp3) is 0.394. The molecule has 10 heteroatoms. The second kappa shape index (κ2) is 13.6. The second-order valence-electron chi connectivity index (χ2n) is 11.2. The maximum atomic E-state index is 12.6. The van der Waals surface area contributed by atoms with Gasteiger partial charge in [0.25, 0.3) is 5.91 Å². The standard InChI is InChI=1S/C33H41N7O3/c1-21(38-19-22(2)40-14-6-7-28(40)18-34)17-33(32(35)39-43-20-41)29-12-10-24(23(3)36-4)15-25(29)8-9-26-16-27(31(42)37-5)11-13-30(26)33/h10-13,15-16,20-21,28,36,38H,2-3,6-9,14,17,19H2,1,4-5H3,(H2,35,39)(H,37,42)/t21-,28?,33?/m1/s1. The number of hydrogen-bond donors (Lipinski definition) is 4. The summed E-state index contributed by atoms with van der Waals surface area (Å²) in [5, 5.41) is 23.0. The van der Waals surface area contributed by atoms with Gasteiger partial charge in [-0.05, 0) is 85.0 Å².